The third kappa shape index (κ3) is 1.92. The Morgan fingerprint density at radius 3 is 2.50 bits per heavy atom. The second-order valence-electron chi connectivity index (χ2n) is 5.23. The van der Waals surface area contributed by atoms with Crippen molar-refractivity contribution in [2.45, 2.75) is 19.3 Å². The zero-order valence-corrected chi connectivity index (χ0v) is 11.4. The van der Waals surface area contributed by atoms with Crippen molar-refractivity contribution < 1.29 is 29.7 Å². The first-order valence-corrected chi connectivity index (χ1v) is 6.69. The zero-order chi connectivity index (χ0) is 16.0. The van der Waals surface area contributed by atoms with Gasteiger partial charge >= 0.3 is 5.97 Å². The van der Waals surface area contributed by atoms with E-state index in [9.17, 15) is 24.6 Å². The SMILES string of the molecule is O=C(O)CC1=C(O)C2=C(CC1)C(=O)c1cccc(O)c1C2=O. The van der Waals surface area contributed by atoms with Gasteiger partial charge in [0, 0.05) is 11.1 Å². The van der Waals surface area contributed by atoms with E-state index in [0.29, 0.717) is 0 Å². The number of allylic oxidation sites excluding steroid dienone is 2. The van der Waals surface area contributed by atoms with Gasteiger partial charge in [-0.2, -0.15) is 0 Å². The molecule has 112 valence electrons. The molecule has 0 unspecified atom stereocenters. The summed E-state index contributed by atoms with van der Waals surface area (Å²) in [5, 5.41) is 28.9. The van der Waals surface area contributed by atoms with E-state index >= 15 is 0 Å². The number of hydrogen-bond donors (Lipinski definition) is 3. The molecule has 3 rings (SSSR count). The van der Waals surface area contributed by atoms with Gasteiger partial charge in [0.2, 0.25) is 5.78 Å². The van der Waals surface area contributed by atoms with Gasteiger partial charge in [0.05, 0.1) is 17.6 Å². The minimum Gasteiger partial charge on any atom is -0.507 e. The predicted octanol–water partition coefficient (Wildman–Crippen LogP) is 2.15. The van der Waals surface area contributed by atoms with Crippen molar-refractivity contribution in [1.82, 2.24) is 0 Å². The van der Waals surface area contributed by atoms with Crippen molar-refractivity contribution in [2.24, 2.45) is 0 Å². The standard InChI is InChI=1S/C16H12O6/c17-10-3-1-2-8-12(10)16(22)13-9(15(8)21)5-4-7(14(13)20)6-11(18)19/h1-3,17,20H,4-6H2,(H,18,19). The van der Waals surface area contributed by atoms with Gasteiger partial charge in [-0.15, -0.1) is 0 Å². The van der Waals surface area contributed by atoms with Crippen LogP contribution in [-0.2, 0) is 4.79 Å². The monoisotopic (exact) mass is 300 g/mol. The fraction of sp³-hybridized carbons (Fsp3) is 0.188. The molecule has 0 bridgehead atoms. The topological polar surface area (TPSA) is 112 Å². The highest BCUT2D eigenvalue weighted by Gasteiger charge is 2.38. The number of carboxylic acids is 1. The quantitative estimate of drug-likeness (QED) is 0.771. The van der Waals surface area contributed by atoms with Crippen LogP contribution in [0.4, 0.5) is 0 Å². The fourth-order valence-corrected chi connectivity index (χ4v) is 2.92. The van der Waals surface area contributed by atoms with Gasteiger partial charge < -0.3 is 15.3 Å². The van der Waals surface area contributed by atoms with Gasteiger partial charge in [0.1, 0.15) is 11.5 Å². The molecule has 22 heavy (non-hydrogen) atoms. The van der Waals surface area contributed by atoms with Crippen LogP contribution in [0.5, 0.6) is 5.75 Å². The number of carbonyl (C=O) groups is 3. The lowest BCUT2D eigenvalue weighted by Crippen LogP contribution is -2.26. The van der Waals surface area contributed by atoms with Crippen molar-refractivity contribution in [3.63, 3.8) is 0 Å². The van der Waals surface area contributed by atoms with Crippen molar-refractivity contribution in [3.05, 3.63) is 51.8 Å². The Labute approximate surface area is 125 Å². The van der Waals surface area contributed by atoms with Crippen LogP contribution in [-0.4, -0.2) is 32.9 Å². The minimum atomic E-state index is -1.12. The molecule has 0 saturated carbocycles. The van der Waals surface area contributed by atoms with Gasteiger partial charge in [-0.1, -0.05) is 12.1 Å². The van der Waals surface area contributed by atoms with Gasteiger partial charge in [-0.3, -0.25) is 14.4 Å². The number of aliphatic hydroxyl groups is 1. The number of aliphatic carboxylic acids is 1. The fourth-order valence-electron chi connectivity index (χ4n) is 2.92. The van der Waals surface area contributed by atoms with Crippen LogP contribution in [0.3, 0.4) is 0 Å². The van der Waals surface area contributed by atoms with E-state index in [-0.39, 0.29) is 46.4 Å². The molecule has 6 heteroatoms. The van der Waals surface area contributed by atoms with Crippen LogP contribution >= 0.6 is 0 Å². The number of carbonyl (C=O) groups excluding carboxylic acids is 2. The summed E-state index contributed by atoms with van der Waals surface area (Å²) in [6.07, 6.45) is 0.0174. The Hall–Kier alpha value is -2.89. The largest absolute Gasteiger partial charge is 0.507 e. The highest BCUT2D eigenvalue weighted by atomic mass is 16.4. The molecule has 0 spiro atoms. The molecule has 0 amide bonds. The third-order valence-corrected chi connectivity index (χ3v) is 3.93. The number of phenols is 1. The molecule has 2 aliphatic carbocycles. The number of ketones is 2. The van der Waals surface area contributed by atoms with Crippen molar-refractivity contribution >= 4 is 17.5 Å². The third-order valence-electron chi connectivity index (χ3n) is 3.93. The maximum Gasteiger partial charge on any atom is 0.307 e. The normalized spacial score (nSPS) is 17.5. The van der Waals surface area contributed by atoms with Crippen LogP contribution < -0.4 is 0 Å². The summed E-state index contributed by atoms with van der Waals surface area (Å²) >= 11 is 0. The van der Waals surface area contributed by atoms with Crippen LogP contribution in [0.25, 0.3) is 0 Å². The molecular formula is C16H12O6. The maximum absolute atomic E-state index is 12.5. The number of fused-ring (bicyclic) bond motifs is 1. The number of aliphatic hydroxyl groups excluding tert-OH is 1. The average Bonchev–Trinajstić information content (AvgIpc) is 2.46. The Bertz CT molecular complexity index is 797. The Morgan fingerprint density at radius 2 is 1.82 bits per heavy atom. The zero-order valence-electron chi connectivity index (χ0n) is 11.4. The summed E-state index contributed by atoms with van der Waals surface area (Å²) in [5.41, 5.74) is 0.176. The highest BCUT2D eigenvalue weighted by Crippen LogP contribution is 2.40. The van der Waals surface area contributed by atoms with Gasteiger partial charge in [-0.25, -0.2) is 0 Å². The van der Waals surface area contributed by atoms with Crippen LogP contribution in [0.1, 0.15) is 40.0 Å². The molecule has 2 aliphatic rings. The number of hydrogen-bond acceptors (Lipinski definition) is 5. The van der Waals surface area contributed by atoms with Crippen molar-refractivity contribution in [1.29, 1.82) is 0 Å². The highest BCUT2D eigenvalue weighted by molar-refractivity contribution is 6.29. The lowest BCUT2D eigenvalue weighted by atomic mass is 9.76. The van der Waals surface area contributed by atoms with E-state index in [1.165, 1.54) is 18.2 Å². The molecule has 1 aromatic rings. The number of benzene rings is 1. The molecule has 6 nitrogen and oxygen atoms in total. The number of aromatic hydroxyl groups is 1. The lowest BCUT2D eigenvalue weighted by molar-refractivity contribution is -0.136. The lowest BCUT2D eigenvalue weighted by Gasteiger charge is -2.26. The molecule has 0 atom stereocenters. The van der Waals surface area contributed by atoms with E-state index in [0.717, 1.165) is 0 Å². The molecular weight excluding hydrogens is 288 g/mol. The maximum atomic E-state index is 12.5. The van der Waals surface area contributed by atoms with Crippen molar-refractivity contribution in [2.75, 3.05) is 0 Å². The van der Waals surface area contributed by atoms with E-state index in [1.807, 2.05) is 0 Å². The Kier molecular flexibility index (Phi) is 3.09. The molecule has 0 saturated heterocycles. The van der Waals surface area contributed by atoms with E-state index in [1.54, 1.807) is 0 Å². The summed E-state index contributed by atoms with van der Waals surface area (Å²) in [6.45, 7) is 0. The Balaban J connectivity index is 2.19. The second kappa shape index (κ2) is 4.84. The van der Waals surface area contributed by atoms with Crippen LogP contribution in [0.2, 0.25) is 0 Å². The summed E-state index contributed by atoms with van der Waals surface area (Å²) in [6, 6.07) is 4.21. The first-order valence-electron chi connectivity index (χ1n) is 6.69. The number of Topliss-reactive ketones (excluding diaryl/α,β-unsaturated/α-hetero) is 2. The summed E-state index contributed by atoms with van der Waals surface area (Å²) in [7, 11) is 0. The predicted molar refractivity (Wildman–Crippen MR) is 74.9 cm³/mol. The number of phenolic OH excluding ortho intramolecular Hbond substituents is 1. The first-order chi connectivity index (χ1) is 10.4. The molecule has 0 fully saturated rings. The minimum absolute atomic E-state index is 0.109. The average molecular weight is 300 g/mol. The summed E-state index contributed by atoms with van der Waals surface area (Å²) < 4.78 is 0. The van der Waals surface area contributed by atoms with Gasteiger partial charge in [0.25, 0.3) is 0 Å². The van der Waals surface area contributed by atoms with Crippen molar-refractivity contribution in [3.8, 4) is 5.75 Å². The van der Waals surface area contributed by atoms with Crippen LogP contribution in [0, 0.1) is 0 Å². The molecule has 0 aliphatic heterocycles. The van der Waals surface area contributed by atoms with Gasteiger partial charge in [-0.05, 0) is 24.5 Å². The molecule has 1 aromatic carbocycles. The molecule has 0 heterocycles. The smallest absolute Gasteiger partial charge is 0.307 e. The second-order valence-corrected chi connectivity index (χ2v) is 5.23. The number of carboxylic acid groups (broad SMARTS) is 1. The van der Waals surface area contributed by atoms with E-state index in [2.05, 4.69) is 0 Å². The van der Waals surface area contributed by atoms with E-state index in [4.69, 9.17) is 5.11 Å². The summed E-state index contributed by atoms with van der Waals surface area (Å²) in [5.74, 6) is -2.97. The van der Waals surface area contributed by atoms with Crippen LogP contribution in [0.15, 0.2) is 40.7 Å². The molecule has 0 radical (unpaired) electrons. The molecule has 3 N–H and O–H groups in total. The summed E-state index contributed by atoms with van der Waals surface area (Å²) in [4.78, 5) is 35.8. The van der Waals surface area contributed by atoms with Gasteiger partial charge in [0.15, 0.2) is 5.78 Å². The first kappa shape index (κ1) is 14.1. The Morgan fingerprint density at radius 1 is 1.09 bits per heavy atom. The van der Waals surface area contributed by atoms with E-state index < -0.39 is 29.7 Å². The molecule has 0 aromatic heterocycles. The number of rotatable bonds is 2.